The van der Waals surface area contributed by atoms with Gasteiger partial charge in [-0.3, -0.25) is 14.9 Å². The molecule has 5 nitrogen and oxygen atoms in total. The van der Waals surface area contributed by atoms with Gasteiger partial charge in [-0.2, -0.15) is 0 Å². The molecule has 106 valence electrons. The molecule has 0 atom stereocenters. The molecule has 2 amide bonds. The first kappa shape index (κ1) is 15.7. The summed E-state index contributed by atoms with van der Waals surface area (Å²) in [6, 6.07) is 9.58. The Morgan fingerprint density at radius 3 is 2.60 bits per heavy atom. The van der Waals surface area contributed by atoms with E-state index in [9.17, 15) is 9.59 Å². The number of hydrogen-bond donors (Lipinski definition) is 2. The van der Waals surface area contributed by atoms with Crippen LogP contribution in [0.3, 0.4) is 0 Å². The third-order valence-corrected chi connectivity index (χ3v) is 2.70. The highest BCUT2D eigenvalue weighted by atomic mass is 16.2. The lowest BCUT2D eigenvalue weighted by Gasteiger charge is -2.22. The van der Waals surface area contributed by atoms with Gasteiger partial charge in [-0.25, -0.2) is 0 Å². The molecule has 0 bridgehead atoms. The van der Waals surface area contributed by atoms with Crippen LogP contribution in [0.2, 0.25) is 0 Å². The maximum atomic E-state index is 12.1. The molecule has 3 N–H and O–H groups in total. The third kappa shape index (κ3) is 6.03. The van der Waals surface area contributed by atoms with Crippen molar-refractivity contribution in [3.05, 3.63) is 35.9 Å². The van der Waals surface area contributed by atoms with Crippen molar-refractivity contribution in [1.29, 1.82) is 0 Å². The molecule has 0 aliphatic rings. The lowest BCUT2D eigenvalue weighted by Crippen LogP contribution is -2.39. The average molecular weight is 273 g/mol. The molecule has 0 aliphatic heterocycles. The van der Waals surface area contributed by atoms with E-state index < -0.39 is 5.91 Å². The Kier molecular flexibility index (Phi) is 6.87. The van der Waals surface area contributed by atoms with Crippen molar-refractivity contribution >= 4 is 11.8 Å². The van der Waals surface area contributed by atoms with Crippen LogP contribution in [0.1, 0.15) is 12.0 Å². The minimum Gasteiger partial charge on any atom is -0.370 e. The average Bonchev–Trinajstić information content (AvgIpc) is 2.44. The summed E-state index contributed by atoms with van der Waals surface area (Å²) in [6.45, 7) is 1.24. The first-order chi connectivity index (χ1) is 9.63. The summed E-state index contributed by atoms with van der Waals surface area (Å²) in [7, 11) is 0. The maximum Gasteiger partial charge on any atom is 0.236 e. The van der Waals surface area contributed by atoms with Crippen LogP contribution in [-0.2, 0) is 16.1 Å². The molecule has 0 aliphatic carbocycles. The SMILES string of the molecule is C#CCNCC(=O)N(CCC(N)=O)Cc1ccccc1. The normalized spacial score (nSPS) is 9.75. The summed E-state index contributed by atoms with van der Waals surface area (Å²) in [4.78, 5) is 24.6. The van der Waals surface area contributed by atoms with E-state index in [2.05, 4.69) is 11.2 Å². The first-order valence-corrected chi connectivity index (χ1v) is 6.37. The molecule has 0 fully saturated rings. The monoisotopic (exact) mass is 273 g/mol. The second-order valence-corrected chi connectivity index (χ2v) is 4.32. The second kappa shape index (κ2) is 8.73. The summed E-state index contributed by atoms with van der Waals surface area (Å²) in [6.07, 6.45) is 5.26. The fraction of sp³-hybridized carbons (Fsp3) is 0.333. The van der Waals surface area contributed by atoms with E-state index in [-0.39, 0.29) is 18.9 Å². The fourth-order valence-corrected chi connectivity index (χ4v) is 1.69. The van der Waals surface area contributed by atoms with Crippen LogP contribution in [0, 0.1) is 12.3 Å². The van der Waals surface area contributed by atoms with E-state index in [0.29, 0.717) is 19.6 Å². The van der Waals surface area contributed by atoms with Crippen LogP contribution in [-0.4, -0.2) is 36.3 Å². The summed E-state index contributed by atoms with van der Waals surface area (Å²) in [5.74, 6) is 1.88. The number of nitrogens with two attached hydrogens (primary N) is 1. The second-order valence-electron chi connectivity index (χ2n) is 4.32. The zero-order valence-electron chi connectivity index (χ0n) is 11.3. The molecule has 0 saturated heterocycles. The number of rotatable bonds is 8. The Morgan fingerprint density at radius 2 is 2.00 bits per heavy atom. The van der Waals surface area contributed by atoms with Gasteiger partial charge in [0.25, 0.3) is 0 Å². The lowest BCUT2D eigenvalue weighted by molar-refractivity contribution is -0.131. The van der Waals surface area contributed by atoms with Gasteiger partial charge in [-0.15, -0.1) is 6.42 Å². The van der Waals surface area contributed by atoms with Crippen LogP contribution in [0.15, 0.2) is 30.3 Å². The van der Waals surface area contributed by atoms with E-state index in [0.717, 1.165) is 5.56 Å². The van der Waals surface area contributed by atoms with Gasteiger partial charge in [-0.05, 0) is 5.56 Å². The van der Waals surface area contributed by atoms with Crippen molar-refractivity contribution in [3.63, 3.8) is 0 Å². The Bertz CT molecular complexity index is 480. The van der Waals surface area contributed by atoms with Crippen molar-refractivity contribution in [2.75, 3.05) is 19.6 Å². The Hall–Kier alpha value is -2.32. The van der Waals surface area contributed by atoms with E-state index >= 15 is 0 Å². The molecule has 1 rings (SSSR count). The zero-order chi connectivity index (χ0) is 14.8. The van der Waals surface area contributed by atoms with E-state index in [1.807, 2.05) is 30.3 Å². The summed E-state index contributed by atoms with van der Waals surface area (Å²) in [5.41, 5.74) is 6.14. The number of nitrogens with zero attached hydrogens (tertiary/aromatic N) is 1. The van der Waals surface area contributed by atoms with Crippen molar-refractivity contribution < 1.29 is 9.59 Å². The molecule has 0 radical (unpaired) electrons. The predicted molar refractivity (Wildman–Crippen MR) is 77.4 cm³/mol. The number of benzene rings is 1. The zero-order valence-corrected chi connectivity index (χ0v) is 11.3. The van der Waals surface area contributed by atoms with E-state index in [4.69, 9.17) is 12.2 Å². The molecule has 5 heteroatoms. The van der Waals surface area contributed by atoms with Gasteiger partial charge in [0, 0.05) is 19.5 Å². The van der Waals surface area contributed by atoms with Gasteiger partial charge in [0.1, 0.15) is 0 Å². The van der Waals surface area contributed by atoms with Crippen LogP contribution in [0.5, 0.6) is 0 Å². The molecule has 1 aromatic rings. The van der Waals surface area contributed by atoms with Crippen molar-refractivity contribution in [3.8, 4) is 12.3 Å². The van der Waals surface area contributed by atoms with Gasteiger partial charge in [0.05, 0.1) is 13.1 Å². The molecule has 0 spiro atoms. The highest BCUT2D eigenvalue weighted by Gasteiger charge is 2.14. The standard InChI is InChI=1S/C15H19N3O2/c1-2-9-17-11-15(20)18(10-8-14(16)19)12-13-6-4-3-5-7-13/h1,3-7,17H,8-12H2,(H2,16,19). The molecule has 0 unspecified atom stereocenters. The minimum atomic E-state index is -0.424. The Labute approximate surface area is 119 Å². The van der Waals surface area contributed by atoms with Gasteiger partial charge in [-0.1, -0.05) is 36.3 Å². The van der Waals surface area contributed by atoms with Crippen LogP contribution < -0.4 is 11.1 Å². The number of hydrogen-bond acceptors (Lipinski definition) is 3. The smallest absolute Gasteiger partial charge is 0.236 e. The van der Waals surface area contributed by atoms with Crippen molar-refractivity contribution in [2.24, 2.45) is 5.73 Å². The van der Waals surface area contributed by atoms with Crippen LogP contribution in [0.25, 0.3) is 0 Å². The number of carbonyl (C=O) groups is 2. The third-order valence-electron chi connectivity index (χ3n) is 2.70. The largest absolute Gasteiger partial charge is 0.370 e. The van der Waals surface area contributed by atoms with Crippen molar-refractivity contribution in [2.45, 2.75) is 13.0 Å². The van der Waals surface area contributed by atoms with Crippen LogP contribution >= 0.6 is 0 Å². The highest BCUT2D eigenvalue weighted by Crippen LogP contribution is 2.05. The van der Waals surface area contributed by atoms with E-state index in [1.165, 1.54) is 0 Å². The van der Waals surface area contributed by atoms with Crippen LogP contribution in [0.4, 0.5) is 0 Å². The Morgan fingerprint density at radius 1 is 1.30 bits per heavy atom. The lowest BCUT2D eigenvalue weighted by atomic mass is 10.2. The maximum absolute atomic E-state index is 12.1. The number of carbonyl (C=O) groups excluding carboxylic acids is 2. The number of amides is 2. The van der Waals surface area contributed by atoms with Gasteiger partial charge < -0.3 is 10.6 Å². The Balaban J connectivity index is 2.61. The number of nitrogens with one attached hydrogen (secondary N) is 1. The molecule has 1 aromatic carbocycles. The summed E-state index contributed by atoms with van der Waals surface area (Å²) < 4.78 is 0. The fourth-order valence-electron chi connectivity index (χ4n) is 1.69. The van der Waals surface area contributed by atoms with Crippen molar-refractivity contribution in [1.82, 2.24) is 10.2 Å². The van der Waals surface area contributed by atoms with Gasteiger partial charge >= 0.3 is 0 Å². The summed E-state index contributed by atoms with van der Waals surface area (Å²) in [5, 5.41) is 2.85. The predicted octanol–water partition coefficient (Wildman–Crippen LogP) is 0.113. The summed E-state index contributed by atoms with van der Waals surface area (Å²) >= 11 is 0. The number of primary amides is 1. The number of terminal acetylenes is 1. The molecule has 0 saturated carbocycles. The first-order valence-electron chi connectivity index (χ1n) is 6.37. The molecule has 0 heterocycles. The van der Waals surface area contributed by atoms with Gasteiger partial charge in [0.2, 0.25) is 11.8 Å². The molecule has 20 heavy (non-hydrogen) atoms. The molecular formula is C15H19N3O2. The molecular weight excluding hydrogens is 254 g/mol. The topological polar surface area (TPSA) is 75.4 Å². The minimum absolute atomic E-state index is 0.106. The quantitative estimate of drug-likeness (QED) is 0.521. The van der Waals surface area contributed by atoms with Gasteiger partial charge in [0.15, 0.2) is 0 Å². The highest BCUT2D eigenvalue weighted by molar-refractivity contribution is 5.79. The van der Waals surface area contributed by atoms with E-state index in [1.54, 1.807) is 4.90 Å². The molecule has 0 aromatic heterocycles.